The molecule has 0 radical (unpaired) electrons. The zero-order valence-electron chi connectivity index (χ0n) is 16.4. The average molecular weight is 467 g/mol. The number of hydrogen-bond donors (Lipinski definition) is 1. The van der Waals surface area contributed by atoms with Crippen molar-refractivity contribution in [2.24, 2.45) is 0 Å². The lowest BCUT2D eigenvalue weighted by Gasteiger charge is -2.07. The minimum Gasteiger partial charge on any atom is -0.453 e. The quantitative estimate of drug-likeness (QED) is 0.292. The van der Waals surface area contributed by atoms with Crippen LogP contribution in [0.3, 0.4) is 0 Å². The first-order valence-corrected chi connectivity index (χ1v) is 10.6. The van der Waals surface area contributed by atoms with Gasteiger partial charge in [-0.15, -0.1) is 11.3 Å². The minimum atomic E-state index is -0.765. The number of hydrogen-bond acceptors (Lipinski definition) is 7. The molecular formula is C23H15ClN2O5S. The van der Waals surface area contributed by atoms with Crippen LogP contribution in [0.2, 0.25) is 5.02 Å². The molecule has 0 fully saturated rings. The van der Waals surface area contributed by atoms with E-state index < -0.39 is 18.5 Å². The number of benzene rings is 2. The summed E-state index contributed by atoms with van der Waals surface area (Å²) in [5, 5.41) is 4.99. The Morgan fingerprint density at radius 1 is 1.09 bits per heavy atom. The van der Waals surface area contributed by atoms with E-state index in [-0.39, 0.29) is 16.3 Å². The second-order valence-corrected chi connectivity index (χ2v) is 7.81. The summed E-state index contributed by atoms with van der Waals surface area (Å²) in [6.07, 6.45) is 0.582. The Bertz CT molecular complexity index is 1280. The van der Waals surface area contributed by atoms with Crippen molar-refractivity contribution in [3.05, 3.63) is 82.4 Å². The lowest BCUT2D eigenvalue weighted by Crippen LogP contribution is -2.21. The first kappa shape index (κ1) is 21.5. The molecule has 2 heterocycles. The van der Waals surface area contributed by atoms with Crippen LogP contribution >= 0.6 is 22.9 Å². The summed E-state index contributed by atoms with van der Waals surface area (Å²) in [6, 6.07) is 17.3. The van der Waals surface area contributed by atoms with Crippen LogP contribution in [0, 0.1) is 0 Å². The second-order valence-electron chi connectivity index (χ2n) is 6.54. The van der Waals surface area contributed by atoms with Crippen LogP contribution in [0.5, 0.6) is 0 Å². The number of rotatable bonds is 7. The van der Waals surface area contributed by atoms with Crippen molar-refractivity contribution < 1.29 is 23.5 Å². The van der Waals surface area contributed by atoms with Gasteiger partial charge in [-0.3, -0.25) is 14.9 Å². The van der Waals surface area contributed by atoms with Gasteiger partial charge in [-0.2, -0.15) is 0 Å². The van der Waals surface area contributed by atoms with E-state index in [1.54, 1.807) is 12.1 Å². The van der Waals surface area contributed by atoms with Gasteiger partial charge in [0.15, 0.2) is 23.8 Å². The van der Waals surface area contributed by atoms with Gasteiger partial charge in [-0.05, 0) is 30.3 Å². The highest BCUT2D eigenvalue weighted by molar-refractivity contribution is 7.14. The number of ether oxygens (including phenoxy) is 1. The maximum absolute atomic E-state index is 12.5. The standard InChI is InChI=1S/C23H15ClN2O5S/c24-18-8-6-15(20-9-7-16(11-27)31-20)10-17(18)22(29)30-12-21(28)26-23-25-19(13-32-23)14-4-2-1-3-5-14/h1-11,13H,12H2,(H,25,26,28). The van der Waals surface area contributed by atoms with Gasteiger partial charge in [0.1, 0.15) is 5.76 Å². The highest BCUT2D eigenvalue weighted by Gasteiger charge is 2.17. The Labute approximate surface area is 191 Å². The number of halogens is 1. The van der Waals surface area contributed by atoms with Gasteiger partial charge >= 0.3 is 5.97 Å². The van der Waals surface area contributed by atoms with Gasteiger partial charge in [0, 0.05) is 16.5 Å². The maximum atomic E-state index is 12.5. The van der Waals surface area contributed by atoms with Gasteiger partial charge in [0.25, 0.3) is 5.91 Å². The van der Waals surface area contributed by atoms with E-state index in [4.69, 9.17) is 20.8 Å². The number of aromatic nitrogens is 1. The molecule has 4 aromatic rings. The summed E-state index contributed by atoms with van der Waals surface area (Å²) >= 11 is 7.39. The molecule has 0 aliphatic heterocycles. The third-order valence-electron chi connectivity index (χ3n) is 4.37. The van der Waals surface area contributed by atoms with Crippen LogP contribution in [-0.2, 0) is 9.53 Å². The Hall–Kier alpha value is -3.75. The Morgan fingerprint density at radius 3 is 2.66 bits per heavy atom. The molecule has 1 amide bonds. The van der Waals surface area contributed by atoms with Crippen molar-refractivity contribution >= 4 is 46.2 Å². The largest absolute Gasteiger partial charge is 0.453 e. The van der Waals surface area contributed by atoms with E-state index in [0.717, 1.165) is 11.3 Å². The molecule has 2 aromatic heterocycles. The number of thiazole rings is 1. The summed E-state index contributed by atoms with van der Waals surface area (Å²) in [5.74, 6) is -0.735. The molecule has 0 atom stereocenters. The third-order valence-corrected chi connectivity index (χ3v) is 5.46. The van der Waals surface area contributed by atoms with Crippen LogP contribution in [0.1, 0.15) is 20.9 Å². The van der Waals surface area contributed by atoms with Crippen LogP contribution in [0.15, 0.2) is 70.5 Å². The molecule has 0 saturated heterocycles. The summed E-state index contributed by atoms with van der Waals surface area (Å²) in [5.41, 5.74) is 2.28. The van der Waals surface area contributed by atoms with E-state index >= 15 is 0 Å². The lowest BCUT2D eigenvalue weighted by atomic mass is 10.1. The molecule has 0 spiro atoms. The Morgan fingerprint density at radius 2 is 1.91 bits per heavy atom. The number of furan rings is 1. The third kappa shape index (κ3) is 4.93. The van der Waals surface area contributed by atoms with Crippen molar-refractivity contribution in [2.45, 2.75) is 0 Å². The zero-order valence-corrected chi connectivity index (χ0v) is 18.0. The van der Waals surface area contributed by atoms with Gasteiger partial charge < -0.3 is 9.15 Å². The molecule has 0 aliphatic rings. The van der Waals surface area contributed by atoms with Gasteiger partial charge in [-0.1, -0.05) is 41.9 Å². The number of aldehydes is 1. The van der Waals surface area contributed by atoms with Gasteiger partial charge in [0.2, 0.25) is 0 Å². The molecule has 1 N–H and O–H groups in total. The molecule has 0 saturated carbocycles. The van der Waals surface area contributed by atoms with Crippen LogP contribution in [0.25, 0.3) is 22.6 Å². The van der Waals surface area contributed by atoms with E-state index in [9.17, 15) is 14.4 Å². The molecule has 2 aromatic carbocycles. The minimum absolute atomic E-state index is 0.0710. The molecule has 4 rings (SSSR count). The smallest absolute Gasteiger partial charge is 0.340 e. The number of carbonyl (C=O) groups is 3. The molecule has 0 unspecified atom stereocenters. The van der Waals surface area contributed by atoms with Crippen LogP contribution in [0.4, 0.5) is 5.13 Å². The molecule has 9 heteroatoms. The monoisotopic (exact) mass is 466 g/mol. The number of amides is 1. The van der Waals surface area contributed by atoms with Crippen molar-refractivity contribution in [1.82, 2.24) is 4.98 Å². The second kappa shape index (κ2) is 9.59. The first-order valence-electron chi connectivity index (χ1n) is 9.36. The van der Waals surface area contributed by atoms with Crippen molar-refractivity contribution in [2.75, 3.05) is 11.9 Å². The topological polar surface area (TPSA) is 98.5 Å². The molecule has 160 valence electrons. The number of nitrogens with zero attached hydrogens (tertiary/aromatic N) is 1. The van der Waals surface area contributed by atoms with Gasteiger partial charge in [-0.25, -0.2) is 9.78 Å². The average Bonchev–Trinajstić information content (AvgIpc) is 3.48. The van der Waals surface area contributed by atoms with Crippen molar-refractivity contribution in [1.29, 1.82) is 0 Å². The predicted octanol–water partition coefficient (Wildman–Crippen LogP) is 5.33. The number of nitrogens with one attached hydrogen (secondary N) is 1. The fourth-order valence-electron chi connectivity index (χ4n) is 2.84. The van der Waals surface area contributed by atoms with Crippen molar-refractivity contribution in [3.8, 4) is 22.6 Å². The van der Waals surface area contributed by atoms with E-state index in [1.807, 2.05) is 35.7 Å². The molecule has 7 nitrogen and oxygen atoms in total. The highest BCUT2D eigenvalue weighted by Crippen LogP contribution is 2.27. The fraction of sp³-hybridized carbons (Fsp3) is 0.0435. The Kier molecular flexibility index (Phi) is 6.44. The summed E-state index contributed by atoms with van der Waals surface area (Å²) in [6.45, 7) is -0.504. The SMILES string of the molecule is O=Cc1ccc(-c2ccc(Cl)c(C(=O)OCC(=O)Nc3nc(-c4ccccc4)cs3)c2)o1. The first-order chi connectivity index (χ1) is 15.5. The molecular weight excluding hydrogens is 452 g/mol. The number of anilines is 1. The van der Waals surface area contributed by atoms with E-state index in [2.05, 4.69) is 10.3 Å². The normalized spacial score (nSPS) is 10.5. The maximum Gasteiger partial charge on any atom is 0.340 e. The van der Waals surface area contributed by atoms with E-state index in [1.165, 1.54) is 29.5 Å². The Balaban J connectivity index is 1.38. The summed E-state index contributed by atoms with van der Waals surface area (Å²) in [7, 11) is 0. The van der Waals surface area contributed by atoms with Crippen LogP contribution < -0.4 is 5.32 Å². The molecule has 0 bridgehead atoms. The predicted molar refractivity (Wildman–Crippen MR) is 121 cm³/mol. The van der Waals surface area contributed by atoms with Gasteiger partial charge in [0.05, 0.1) is 16.3 Å². The summed E-state index contributed by atoms with van der Waals surface area (Å²) in [4.78, 5) is 39.8. The lowest BCUT2D eigenvalue weighted by molar-refractivity contribution is -0.119. The molecule has 0 aliphatic carbocycles. The zero-order chi connectivity index (χ0) is 22.5. The number of esters is 1. The van der Waals surface area contributed by atoms with E-state index in [0.29, 0.717) is 22.7 Å². The van der Waals surface area contributed by atoms with Crippen molar-refractivity contribution in [3.63, 3.8) is 0 Å². The highest BCUT2D eigenvalue weighted by atomic mass is 35.5. The van der Waals surface area contributed by atoms with Crippen LogP contribution in [-0.4, -0.2) is 29.8 Å². The summed E-state index contributed by atoms with van der Waals surface area (Å²) < 4.78 is 10.5. The number of carbonyl (C=O) groups excluding carboxylic acids is 3. The fourth-order valence-corrected chi connectivity index (χ4v) is 3.77. The molecule has 32 heavy (non-hydrogen) atoms.